The maximum atomic E-state index is 13.8. The normalized spacial score (nSPS) is 17.6. The second kappa shape index (κ2) is 13.8. The van der Waals surface area contributed by atoms with E-state index in [0.29, 0.717) is 19.6 Å². The number of nitrogens with one attached hydrogen (secondary N) is 1. The number of hydrogen-bond donors (Lipinski definition) is 2. The Bertz CT molecular complexity index is 1720. The summed E-state index contributed by atoms with van der Waals surface area (Å²) in [6.45, 7) is 4.99. The molecule has 3 atom stereocenters. The van der Waals surface area contributed by atoms with Crippen LogP contribution in [0.1, 0.15) is 29.8 Å². The molecule has 0 spiro atoms. The number of carbonyl (C=O) groups is 1. The third-order valence-electron chi connectivity index (χ3n) is 8.06. The number of aliphatic hydroxyl groups is 1. The number of anilines is 1. The average molecular weight is 632 g/mol. The number of halogens is 1. The number of benzene rings is 4. The summed E-state index contributed by atoms with van der Waals surface area (Å²) in [6, 6.07) is 27.3. The molecular formula is C35H38FN3O5S. The molecule has 0 radical (unpaired) electrons. The van der Waals surface area contributed by atoms with Crippen molar-refractivity contribution in [1.82, 2.24) is 9.80 Å². The van der Waals surface area contributed by atoms with Crippen LogP contribution in [0.3, 0.4) is 0 Å². The van der Waals surface area contributed by atoms with Crippen LogP contribution in [0.15, 0.2) is 102 Å². The minimum Gasteiger partial charge on any atom is -0.486 e. The van der Waals surface area contributed by atoms with E-state index in [-0.39, 0.29) is 40.3 Å². The second-order valence-corrected chi connectivity index (χ2v) is 13.3. The van der Waals surface area contributed by atoms with Crippen LogP contribution in [0.4, 0.5) is 10.1 Å². The molecule has 0 unspecified atom stereocenters. The summed E-state index contributed by atoms with van der Waals surface area (Å²) in [4.78, 5) is 17.4. The van der Waals surface area contributed by atoms with Gasteiger partial charge in [0.2, 0.25) is 0 Å². The highest BCUT2D eigenvalue weighted by molar-refractivity contribution is 7.92. The molecule has 0 saturated carbocycles. The highest BCUT2D eigenvalue weighted by Crippen LogP contribution is 2.36. The Hall–Kier alpha value is -4.25. The number of nitrogens with zero attached hydrogens (tertiary/aromatic N) is 2. The molecule has 0 bridgehead atoms. The average Bonchev–Trinajstić information content (AvgIpc) is 3.03. The summed E-state index contributed by atoms with van der Waals surface area (Å²) in [5.74, 6) is -0.980. The van der Waals surface area contributed by atoms with Crippen molar-refractivity contribution in [3.63, 3.8) is 0 Å². The van der Waals surface area contributed by atoms with Gasteiger partial charge in [-0.2, -0.15) is 0 Å². The summed E-state index contributed by atoms with van der Waals surface area (Å²) >= 11 is 0. The summed E-state index contributed by atoms with van der Waals surface area (Å²) < 4.78 is 49.1. The van der Waals surface area contributed by atoms with Gasteiger partial charge in [0.05, 0.1) is 28.8 Å². The van der Waals surface area contributed by atoms with Crippen molar-refractivity contribution in [3.8, 4) is 16.9 Å². The number of rotatable bonds is 10. The van der Waals surface area contributed by atoms with Crippen LogP contribution in [0.2, 0.25) is 0 Å². The maximum Gasteiger partial charge on any atom is 0.262 e. The van der Waals surface area contributed by atoms with Crippen molar-refractivity contribution in [2.24, 2.45) is 5.92 Å². The molecule has 2 N–H and O–H groups in total. The van der Waals surface area contributed by atoms with Gasteiger partial charge in [0.15, 0.2) is 5.75 Å². The first kappa shape index (κ1) is 32.2. The van der Waals surface area contributed by atoms with Gasteiger partial charge < -0.3 is 14.7 Å². The number of ether oxygens (including phenoxy) is 1. The van der Waals surface area contributed by atoms with Crippen molar-refractivity contribution >= 4 is 21.6 Å². The minimum atomic E-state index is -4.13. The van der Waals surface area contributed by atoms with E-state index >= 15 is 0 Å². The number of para-hydroxylation sites is 1. The first-order chi connectivity index (χ1) is 21.6. The van der Waals surface area contributed by atoms with Gasteiger partial charge in [0.1, 0.15) is 11.9 Å². The number of likely N-dealkylation sites (N-methyl/N-ethyl adjacent to an activating group) is 1. The van der Waals surface area contributed by atoms with E-state index in [1.54, 1.807) is 24.0 Å². The Morgan fingerprint density at radius 2 is 1.64 bits per heavy atom. The number of aliphatic hydroxyl groups excluding tert-OH is 1. The molecule has 0 aliphatic carbocycles. The highest BCUT2D eigenvalue weighted by Gasteiger charge is 2.35. The SMILES string of the molecule is C[C@@H]1CN([C@H](C)CO)C(=O)c2cccc(NS(=O)(=O)c3ccc(F)cc3)c2O[C@@H]1CN(C)Cc1ccc(-c2ccccc2)cc1. The van der Waals surface area contributed by atoms with Crippen molar-refractivity contribution in [1.29, 1.82) is 0 Å². The van der Waals surface area contributed by atoms with Crippen molar-refractivity contribution in [2.75, 3.05) is 31.5 Å². The molecule has 1 aliphatic rings. The van der Waals surface area contributed by atoms with E-state index in [9.17, 15) is 22.7 Å². The number of carbonyl (C=O) groups excluding carboxylic acids is 1. The minimum absolute atomic E-state index is 0.0973. The predicted octanol–water partition coefficient (Wildman–Crippen LogP) is 5.65. The van der Waals surface area contributed by atoms with Crippen LogP contribution < -0.4 is 9.46 Å². The van der Waals surface area contributed by atoms with Gasteiger partial charge in [-0.25, -0.2) is 12.8 Å². The van der Waals surface area contributed by atoms with Gasteiger partial charge in [-0.05, 0) is 67.1 Å². The maximum absolute atomic E-state index is 13.8. The van der Waals surface area contributed by atoms with Gasteiger partial charge in [-0.3, -0.25) is 14.4 Å². The first-order valence-electron chi connectivity index (χ1n) is 14.9. The zero-order valence-electron chi connectivity index (χ0n) is 25.6. The lowest BCUT2D eigenvalue weighted by molar-refractivity contribution is 0.0344. The lowest BCUT2D eigenvalue weighted by Crippen LogP contribution is -2.49. The Balaban J connectivity index is 1.42. The van der Waals surface area contributed by atoms with Crippen LogP contribution in [0.25, 0.3) is 11.1 Å². The van der Waals surface area contributed by atoms with Crippen LogP contribution in [0.5, 0.6) is 5.75 Å². The van der Waals surface area contributed by atoms with Gasteiger partial charge in [-0.15, -0.1) is 0 Å². The standard InChI is InChI=1S/C35H38FN3O5S/c1-24-20-39(25(2)23-40)35(41)31-10-7-11-32(37-45(42,43)30-18-16-29(36)17-19-30)34(31)44-33(24)22-38(3)21-26-12-14-28(15-13-26)27-8-5-4-6-9-27/h4-19,24-25,33,37,40H,20-23H2,1-3H3/t24-,25-,33-/m1/s1. The third-order valence-corrected chi connectivity index (χ3v) is 9.45. The molecule has 1 aliphatic heterocycles. The van der Waals surface area contributed by atoms with Crippen LogP contribution in [0, 0.1) is 11.7 Å². The Morgan fingerprint density at radius 1 is 0.978 bits per heavy atom. The van der Waals surface area contributed by atoms with Crippen LogP contribution >= 0.6 is 0 Å². The molecular weight excluding hydrogens is 593 g/mol. The fraction of sp³-hybridized carbons (Fsp3) is 0.286. The van der Waals surface area contributed by atoms with Gasteiger partial charge in [0.25, 0.3) is 15.9 Å². The topological polar surface area (TPSA) is 99.2 Å². The molecule has 5 rings (SSSR count). The summed E-state index contributed by atoms with van der Waals surface area (Å²) in [6.07, 6.45) is -0.435. The second-order valence-electron chi connectivity index (χ2n) is 11.6. The predicted molar refractivity (Wildman–Crippen MR) is 173 cm³/mol. The molecule has 1 amide bonds. The Kier molecular flexibility index (Phi) is 9.86. The van der Waals surface area contributed by atoms with Gasteiger partial charge >= 0.3 is 0 Å². The lowest BCUT2D eigenvalue weighted by Gasteiger charge is -2.38. The van der Waals surface area contributed by atoms with Crippen LogP contribution in [-0.2, 0) is 16.6 Å². The first-order valence-corrected chi connectivity index (χ1v) is 16.4. The summed E-state index contributed by atoms with van der Waals surface area (Å²) in [7, 11) is -2.14. The molecule has 0 aromatic heterocycles. The van der Waals surface area contributed by atoms with E-state index in [1.807, 2.05) is 32.2 Å². The van der Waals surface area contributed by atoms with Crippen LogP contribution in [-0.4, -0.2) is 68.1 Å². The molecule has 8 nitrogen and oxygen atoms in total. The van der Waals surface area contributed by atoms with E-state index in [2.05, 4.69) is 46.0 Å². The summed E-state index contributed by atoms with van der Waals surface area (Å²) in [5, 5.41) is 9.97. The summed E-state index contributed by atoms with van der Waals surface area (Å²) in [5.41, 5.74) is 3.68. The molecule has 236 valence electrons. The monoisotopic (exact) mass is 631 g/mol. The fourth-order valence-corrected chi connectivity index (χ4v) is 6.54. The molecule has 1 heterocycles. The Labute approximate surface area is 264 Å². The molecule has 10 heteroatoms. The van der Waals surface area contributed by atoms with Crippen molar-refractivity contribution in [2.45, 2.75) is 37.4 Å². The van der Waals surface area contributed by atoms with Gasteiger partial charge in [-0.1, -0.05) is 67.6 Å². The third kappa shape index (κ3) is 7.53. The smallest absolute Gasteiger partial charge is 0.262 e. The quantitative estimate of drug-likeness (QED) is 0.235. The Morgan fingerprint density at radius 3 is 2.31 bits per heavy atom. The van der Waals surface area contributed by atoms with E-state index in [4.69, 9.17) is 4.74 Å². The van der Waals surface area contributed by atoms with E-state index in [1.165, 1.54) is 18.2 Å². The fourth-order valence-electron chi connectivity index (χ4n) is 5.48. The van der Waals surface area contributed by atoms with E-state index < -0.39 is 28.0 Å². The molecule has 0 fully saturated rings. The number of amides is 1. The number of hydrogen-bond acceptors (Lipinski definition) is 6. The largest absolute Gasteiger partial charge is 0.486 e. The number of sulfonamides is 1. The molecule has 4 aromatic carbocycles. The number of fused-ring (bicyclic) bond motifs is 1. The highest BCUT2D eigenvalue weighted by atomic mass is 32.2. The van der Waals surface area contributed by atoms with E-state index in [0.717, 1.165) is 28.8 Å². The molecule has 45 heavy (non-hydrogen) atoms. The van der Waals surface area contributed by atoms with Crippen molar-refractivity contribution < 1.29 is 27.4 Å². The van der Waals surface area contributed by atoms with Crippen molar-refractivity contribution in [3.05, 3.63) is 114 Å². The van der Waals surface area contributed by atoms with Gasteiger partial charge in [0, 0.05) is 25.6 Å². The zero-order valence-corrected chi connectivity index (χ0v) is 26.4. The molecule has 4 aromatic rings. The zero-order chi connectivity index (χ0) is 32.1. The lowest BCUT2D eigenvalue weighted by atomic mass is 9.98. The molecule has 0 saturated heterocycles.